The second-order valence-corrected chi connectivity index (χ2v) is 2.82. The third-order valence-corrected chi connectivity index (χ3v) is 1.83. The fourth-order valence-electron chi connectivity index (χ4n) is 1.24. The van der Waals surface area contributed by atoms with Crippen molar-refractivity contribution < 1.29 is 4.74 Å². The van der Waals surface area contributed by atoms with Gasteiger partial charge in [0.15, 0.2) is 0 Å². The lowest BCUT2D eigenvalue weighted by Crippen LogP contribution is -1.93. The molecule has 0 aliphatic rings. The molecule has 2 nitrogen and oxygen atoms in total. The van der Waals surface area contributed by atoms with Crippen LogP contribution in [0, 0.1) is 0 Å². The van der Waals surface area contributed by atoms with Crippen molar-refractivity contribution in [2.24, 2.45) is 0 Å². The first-order chi connectivity index (χ1) is 5.77. The van der Waals surface area contributed by atoms with E-state index in [0.717, 1.165) is 24.3 Å². The van der Waals surface area contributed by atoms with E-state index < -0.39 is 0 Å². The molecule has 0 atom stereocenters. The number of ether oxygens (including phenoxy) is 1. The predicted octanol–water partition coefficient (Wildman–Crippen LogP) is 2.23. The van der Waals surface area contributed by atoms with Crippen LogP contribution >= 0.6 is 0 Å². The molecule has 1 aromatic rings. The van der Waals surface area contributed by atoms with Crippen molar-refractivity contribution in [3.05, 3.63) is 23.8 Å². The SMILES string of the molecule is CCCc1ccc(N)cc1OC. The Hall–Kier alpha value is -1.18. The Kier molecular flexibility index (Phi) is 2.97. The number of methoxy groups -OCH3 is 1. The zero-order chi connectivity index (χ0) is 8.97. The van der Waals surface area contributed by atoms with E-state index in [2.05, 4.69) is 6.92 Å². The monoisotopic (exact) mass is 165 g/mol. The lowest BCUT2D eigenvalue weighted by Gasteiger charge is -2.07. The second-order valence-electron chi connectivity index (χ2n) is 2.82. The number of hydrogen-bond donors (Lipinski definition) is 1. The molecular weight excluding hydrogens is 150 g/mol. The molecular formula is C10H15NO. The number of anilines is 1. The normalized spacial score (nSPS) is 9.83. The first-order valence-corrected chi connectivity index (χ1v) is 4.20. The highest BCUT2D eigenvalue weighted by Gasteiger charge is 2.00. The average molecular weight is 165 g/mol. The first kappa shape index (κ1) is 8.91. The van der Waals surface area contributed by atoms with Gasteiger partial charge in [-0.1, -0.05) is 19.4 Å². The van der Waals surface area contributed by atoms with Crippen molar-refractivity contribution in [3.8, 4) is 5.75 Å². The Bertz CT molecular complexity index is 258. The average Bonchev–Trinajstić information content (AvgIpc) is 2.08. The molecule has 0 spiro atoms. The molecule has 0 heterocycles. The Labute approximate surface area is 73.3 Å². The molecule has 0 saturated heterocycles. The molecule has 1 aromatic carbocycles. The van der Waals surface area contributed by atoms with E-state index in [-0.39, 0.29) is 0 Å². The summed E-state index contributed by atoms with van der Waals surface area (Å²) in [5.74, 6) is 0.900. The van der Waals surface area contributed by atoms with E-state index in [0.29, 0.717) is 0 Å². The molecule has 0 fully saturated rings. The number of hydrogen-bond acceptors (Lipinski definition) is 2. The highest BCUT2D eigenvalue weighted by Crippen LogP contribution is 2.22. The number of aryl methyl sites for hydroxylation is 1. The second kappa shape index (κ2) is 4.00. The fraction of sp³-hybridized carbons (Fsp3) is 0.400. The van der Waals surface area contributed by atoms with Gasteiger partial charge in [0.2, 0.25) is 0 Å². The molecule has 0 bridgehead atoms. The van der Waals surface area contributed by atoms with Crippen molar-refractivity contribution >= 4 is 5.69 Å². The molecule has 2 N–H and O–H groups in total. The van der Waals surface area contributed by atoms with Gasteiger partial charge in [0.1, 0.15) is 5.75 Å². The van der Waals surface area contributed by atoms with Crippen LogP contribution in [0.1, 0.15) is 18.9 Å². The van der Waals surface area contributed by atoms with Crippen LogP contribution in [-0.4, -0.2) is 7.11 Å². The van der Waals surface area contributed by atoms with Gasteiger partial charge in [-0.05, 0) is 18.1 Å². The summed E-state index contributed by atoms with van der Waals surface area (Å²) in [6, 6.07) is 5.80. The lowest BCUT2D eigenvalue weighted by molar-refractivity contribution is 0.409. The summed E-state index contributed by atoms with van der Waals surface area (Å²) in [5.41, 5.74) is 7.61. The van der Waals surface area contributed by atoms with Gasteiger partial charge >= 0.3 is 0 Å². The van der Waals surface area contributed by atoms with E-state index >= 15 is 0 Å². The molecule has 0 aliphatic heterocycles. The molecule has 2 heteroatoms. The highest BCUT2D eigenvalue weighted by molar-refractivity contribution is 5.48. The number of rotatable bonds is 3. The van der Waals surface area contributed by atoms with Gasteiger partial charge in [0.25, 0.3) is 0 Å². The maximum absolute atomic E-state index is 5.62. The predicted molar refractivity (Wildman–Crippen MR) is 51.4 cm³/mol. The van der Waals surface area contributed by atoms with Gasteiger partial charge in [-0.3, -0.25) is 0 Å². The standard InChI is InChI=1S/C10H15NO/c1-3-4-8-5-6-9(11)7-10(8)12-2/h5-7H,3-4,11H2,1-2H3. The first-order valence-electron chi connectivity index (χ1n) is 4.20. The summed E-state index contributed by atoms with van der Waals surface area (Å²) in [5, 5.41) is 0. The number of nitrogens with two attached hydrogens (primary N) is 1. The third kappa shape index (κ3) is 1.91. The van der Waals surface area contributed by atoms with Crippen LogP contribution < -0.4 is 10.5 Å². The molecule has 0 unspecified atom stereocenters. The minimum Gasteiger partial charge on any atom is -0.496 e. The van der Waals surface area contributed by atoms with Gasteiger partial charge < -0.3 is 10.5 Å². The quantitative estimate of drug-likeness (QED) is 0.697. The minimum absolute atomic E-state index is 0.756. The van der Waals surface area contributed by atoms with E-state index in [1.54, 1.807) is 7.11 Å². The molecule has 0 saturated carbocycles. The van der Waals surface area contributed by atoms with Crippen LogP contribution in [0.2, 0.25) is 0 Å². The van der Waals surface area contributed by atoms with Crippen LogP contribution in [0.15, 0.2) is 18.2 Å². The summed E-state index contributed by atoms with van der Waals surface area (Å²) in [6.45, 7) is 2.15. The lowest BCUT2D eigenvalue weighted by atomic mass is 10.1. The molecule has 1 rings (SSSR count). The van der Waals surface area contributed by atoms with Gasteiger partial charge in [-0.15, -0.1) is 0 Å². The van der Waals surface area contributed by atoms with Crippen molar-refractivity contribution in [1.82, 2.24) is 0 Å². The van der Waals surface area contributed by atoms with Gasteiger partial charge in [0.05, 0.1) is 7.11 Å². The largest absolute Gasteiger partial charge is 0.496 e. The zero-order valence-corrected chi connectivity index (χ0v) is 7.63. The summed E-state index contributed by atoms with van der Waals surface area (Å²) in [6.07, 6.45) is 2.17. The maximum atomic E-state index is 5.62. The summed E-state index contributed by atoms with van der Waals surface area (Å²) >= 11 is 0. The highest BCUT2D eigenvalue weighted by atomic mass is 16.5. The topological polar surface area (TPSA) is 35.2 Å². The summed E-state index contributed by atoms with van der Waals surface area (Å²) in [7, 11) is 1.67. The van der Waals surface area contributed by atoms with Gasteiger partial charge in [0, 0.05) is 11.8 Å². The molecule has 12 heavy (non-hydrogen) atoms. The Morgan fingerprint density at radius 2 is 2.17 bits per heavy atom. The molecule has 0 amide bonds. The fourth-order valence-corrected chi connectivity index (χ4v) is 1.24. The van der Waals surface area contributed by atoms with Gasteiger partial charge in [-0.2, -0.15) is 0 Å². The van der Waals surface area contributed by atoms with Crippen molar-refractivity contribution in [1.29, 1.82) is 0 Å². The van der Waals surface area contributed by atoms with Crippen molar-refractivity contribution in [3.63, 3.8) is 0 Å². The number of benzene rings is 1. The van der Waals surface area contributed by atoms with Crippen LogP contribution in [0.25, 0.3) is 0 Å². The van der Waals surface area contributed by atoms with E-state index in [1.165, 1.54) is 5.56 Å². The number of nitrogen functional groups attached to an aromatic ring is 1. The minimum atomic E-state index is 0.756. The molecule has 0 aromatic heterocycles. The van der Waals surface area contributed by atoms with Crippen LogP contribution in [-0.2, 0) is 6.42 Å². The Morgan fingerprint density at radius 3 is 2.75 bits per heavy atom. The van der Waals surface area contributed by atoms with Gasteiger partial charge in [-0.25, -0.2) is 0 Å². The van der Waals surface area contributed by atoms with Crippen molar-refractivity contribution in [2.75, 3.05) is 12.8 Å². The zero-order valence-electron chi connectivity index (χ0n) is 7.63. The molecule has 0 aliphatic carbocycles. The van der Waals surface area contributed by atoms with Crippen LogP contribution in [0.4, 0.5) is 5.69 Å². The van der Waals surface area contributed by atoms with E-state index in [4.69, 9.17) is 10.5 Å². The van der Waals surface area contributed by atoms with Crippen molar-refractivity contribution in [2.45, 2.75) is 19.8 Å². The summed E-state index contributed by atoms with van der Waals surface area (Å²) < 4.78 is 5.20. The third-order valence-electron chi connectivity index (χ3n) is 1.83. The van der Waals surface area contributed by atoms with E-state index in [9.17, 15) is 0 Å². The van der Waals surface area contributed by atoms with Crippen LogP contribution in [0.5, 0.6) is 5.75 Å². The maximum Gasteiger partial charge on any atom is 0.124 e. The molecule has 66 valence electrons. The van der Waals surface area contributed by atoms with E-state index in [1.807, 2.05) is 18.2 Å². The Morgan fingerprint density at radius 1 is 1.42 bits per heavy atom. The Balaban J connectivity index is 2.94. The molecule has 0 radical (unpaired) electrons. The summed E-state index contributed by atoms with van der Waals surface area (Å²) in [4.78, 5) is 0. The smallest absolute Gasteiger partial charge is 0.124 e. The van der Waals surface area contributed by atoms with Crippen LogP contribution in [0.3, 0.4) is 0 Å².